The van der Waals surface area contributed by atoms with Crippen molar-refractivity contribution in [1.29, 1.82) is 0 Å². The van der Waals surface area contributed by atoms with Crippen molar-refractivity contribution >= 4 is 68.4 Å². The van der Waals surface area contributed by atoms with Crippen LogP contribution in [0.25, 0.3) is 0 Å². The average Bonchev–Trinajstić information content (AvgIpc) is 3.11. The summed E-state index contributed by atoms with van der Waals surface area (Å²) in [7, 11) is 1.79. The molecule has 3 aromatic rings. The van der Waals surface area contributed by atoms with Gasteiger partial charge in [0, 0.05) is 22.8 Å². The van der Waals surface area contributed by atoms with Gasteiger partial charge in [-0.3, -0.25) is 9.59 Å². The summed E-state index contributed by atoms with van der Waals surface area (Å²) in [6.45, 7) is 3.76. The maximum Gasteiger partial charge on any atom is 0.251 e. The van der Waals surface area contributed by atoms with Crippen LogP contribution in [0.4, 0.5) is 5.69 Å². The molecule has 168 valence electrons. The third-order valence-corrected chi connectivity index (χ3v) is 7.21. The van der Waals surface area contributed by atoms with Gasteiger partial charge in [-0.2, -0.15) is 0 Å². The smallest absolute Gasteiger partial charge is 0.251 e. The molecule has 2 N–H and O–H groups in total. The first-order chi connectivity index (χ1) is 15.2. The number of nitrogens with one attached hydrogen (secondary N) is 2. The van der Waals surface area contributed by atoms with E-state index in [2.05, 4.69) is 36.8 Å². The van der Waals surface area contributed by atoms with E-state index >= 15 is 0 Å². The molecule has 0 fully saturated rings. The van der Waals surface area contributed by atoms with Crippen LogP contribution in [0, 0.1) is 6.92 Å². The van der Waals surface area contributed by atoms with Crippen molar-refractivity contribution in [3.63, 3.8) is 0 Å². The molecule has 11 heteroatoms. The Kier molecular flexibility index (Phi) is 8.21. The highest BCUT2D eigenvalue weighted by Gasteiger charge is 2.19. The molecule has 7 nitrogen and oxygen atoms in total. The molecule has 32 heavy (non-hydrogen) atoms. The molecule has 2 aromatic carbocycles. The fourth-order valence-corrected chi connectivity index (χ4v) is 4.12. The van der Waals surface area contributed by atoms with Crippen molar-refractivity contribution in [3.8, 4) is 0 Å². The van der Waals surface area contributed by atoms with Crippen molar-refractivity contribution in [3.05, 3.63) is 67.9 Å². The molecule has 0 unspecified atom stereocenters. The second-order valence-electron chi connectivity index (χ2n) is 7.02. The maximum absolute atomic E-state index is 12.5. The third kappa shape index (κ3) is 6.04. The Bertz CT molecular complexity index is 1170. The number of amides is 2. The number of carbonyl (C=O) groups excluding carboxylic acids is 2. The van der Waals surface area contributed by atoms with Gasteiger partial charge in [0.25, 0.3) is 5.91 Å². The zero-order valence-electron chi connectivity index (χ0n) is 17.4. The molecule has 0 saturated heterocycles. The summed E-state index contributed by atoms with van der Waals surface area (Å²) in [5.41, 5.74) is 2.15. The van der Waals surface area contributed by atoms with Crippen molar-refractivity contribution in [2.24, 2.45) is 7.05 Å². The Morgan fingerprint density at radius 2 is 1.91 bits per heavy atom. The molecule has 1 atom stereocenters. The van der Waals surface area contributed by atoms with Crippen molar-refractivity contribution in [2.45, 2.75) is 25.0 Å². The van der Waals surface area contributed by atoms with Gasteiger partial charge in [0.2, 0.25) is 5.91 Å². The molecular weight excluding hydrogens is 537 g/mol. The van der Waals surface area contributed by atoms with E-state index in [4.69, 9.17) is 23.2 Å². The topological polar surface area (TPSA) is 88.9 Å². The number of hydrogen-bond acceptors (Lipinski definition) is 5. The van der Waals surface area contributed by atoms with E-state index in [9.17, 15) is 9.59 Å². The average molecular weight is 557 g/mol. The fraction of sp³-hybridized carbons (Fsp3) is 0.238. The van der Waals surface area contributed by atoms with Gasteiger partial charge in [0.1, 0.15) is 0 Å². The predicted octanol–water partition coefficient (Wildman–Crippen LogP) is 5.41. The highest BCUT2D eigenvalue weighted by Crippen LogP contribution is 2.24. The Balaban J connectivity index is 1.59. The molecule has 0 aliphatic heterocycles. The third-order valence-electron chi connectivity index (χ3n) is 4.56. The first-order valence-electron chi connectivity index (χ1n) is 9.49. The maximum atomic E-state index is 12.5. The number of anilines is 1. The van der Waals surface area contributed by atoms with E-state index in [0.29, 0.717) is 26.6 Å². The lowest BCUT2D eigenvalue weighted by molar-refractivity contribution is -0.113. The number of aromatic nitrogens is 3. The Labute approximate surface area is 208 Å². The minimum absolute atomic E-state index is 0.151. The number of nitrogens with zero attached hydrogens (tertiary/aromatic N) is 3. The Hall–Kier alpha value is -2.07. The number of benzene rings is 2. The van der Waals surface area contributed by atoms with Crippen LogP contribution in [-0.2, 0) is 11.8 Å². The first-order valence-corrected chi connectivity index (χ1v) is 12.0. The minimum atomic E-state index is -0.414. The molecule has 2 amide bonds. The molecule has 0 aliphatic carbocycles. The molecular formula is C21H20BrCl2N5O2S. The second-order valence-corrected chi connectivity index (χ2v) is 9.64. The van der Waals surface area contributed by atoms with Crippen LogP contribution in [0.2, 0.25) is 10.0 Å². The largest absolute Gasteiger partial charge is 0.342 e. The summed E-state index contributed by atoms with van der Waals surface area (Å²) in [5.74, 6) is 0.273. The number of rotatable bonds is 7. The Morgan fingerprint density at radius 1 is 1.16 bits per heavy atom. The zero-order chi connectivity index (χ0) is 23.4. The van der Waals surface area contributed by atoms with E-state index in [1.54, 1.807) is 30.7 Å². The summed E-state index contributed by atoms with van der Waals surface area (Å²) in [5, 5.41) is 15.3. The summed E-state index contributed by atoms with van der Waals surface area (Å²) in [6.07, 6.45) is 0. The zero-order valence-corrected chi connectivity index (χ0v) is 21.4. The normalized spacial score (nSPS) is 11.8. The van der Waals surface area contributed by atoms with Crippen LogP contribution < -0.4 is 10.6 Å². The van der Waals surface area contributed by atoms with Crippen LogP contribution in [0.5, 0.6) is 0 Å². The van der Waals surface area contributed by atoms with Crippen molar-refractivity contribution < 1.29 is 9.59 Å². The van der Waals surface area contributed by atoms with Crippen LogP contribution >= 0.6 is 50.9 Å². The highest BCUT2D eigenvalue weighted by molar-refractivity contribution is 9.10. The van der Waals surface area contributed by atoms with Gasteiger partial charge in [-0.25, -0.2) is 0 Å². The molecule has 0 radical (unpaired) electrons. The monoisotopic (exact) mass is 555 g/mol. The Morgan fingerprint density at radius 3 is 2.59 bits per heavy atom. The molecule has 1 heterocycles. The van der Waals surface area contributed by atoms with Crippen LogP contribution in [0.1, 0.15) is 34.7 Å². The van der Waals surface area contributed by atoms with Crippen LogP contribution in [0.3, 0.4) is 0 Å². The van der Waals surface area contributed by atoms with E-state index in [1.807, 2.05) is 25.1 Å². The van der Waals surface area contributed by atoms with E-state index in [0.717, 1.165) is 15.7 Å². The van der Waals surface area contributed by atoms with Gasteiger partial charge in [-0.05, 0) is 55.8 Å². The van der Waals surface area contributed by atoms with Crippen LogP contribution in [-0.4, -0.2) is 32.3 Å². The highest BCUT2D eigenvalue weighted by atomic mass is 79.9. The number of halogens is 3. The lowest BCUT2D eigenvalue weighted by Gasteiger charge is -2.14. The van der Waals surface area contributed by atoms with E-state index in [1.165, 1.54) is 17.8 Å². The van der Waals surface area contributed by atoms with Gasteiger partial charge in [-0.1, -0.05) is 50.9 Å². The lowest BCUT2D eigenvalue weighted by Crippen LogP contribution is -2.28. The number of aryl methyl sites for hydroxylation is 1. The van der Waals surface area contributed by atoms with Gasteiger partial charge in [-0.15, -0.1) is 10.2 Å². The van der Waals surface area contributed by atoms with Gasteiger partial charge in [0.05, 0.1) is 21.8 Å². The lowest BCUT2D eigenvalue weighted by atomic mass is 10.2. The summed E-state index contributed by atoms with van der Waals surface area (Å²) >= 11 is 16.6. The SMILES string of the molecule is Cc1cc(NC(=O)CSc2nnc([C@@H](C)NC(=O)c3ccc(Cl)c(Cl)c3)n2C)ccc1Br. The molecule has 0 spiro atoms. The van der Waals surface area contributed by atoms with Crippen LogP contribution in [0.15, 0.2) is 46.0 Å². The predicted molar refractivity (Wildman–Crippen MR) is 132 cm³/mol. The number of carbonyl (C=O) groups is 2. The van der Waals surface area contributed by atoms with E-state index in [-0.39, 0.29) is 17.6 Å². The van der Waals surface area contributed by atoms with Crippen molar-refractivity contribution in [1.82, 2.24) is 20.1 Å². The summed E-state index contributed by atoms with van der Waals surface area (Å²) in [4.78, 5) is 24.8. The molecule has 3 rings (SSSR count). The number of thioether (sulfide) groups is 1. The molecule has 0 bridgehead atoms. The summed E-state index contributed by atoms with van der Waals surface area (Å²) in [6, 6.07) is 9.88. The molecule has 1 aromatic heterocycles. The van der Waals surface area contributed by atoms with Gasteiger partial charge >= 0.3 is 0 Å². The first kappa shape index (κ1) is 24.6. The quantitative estimate of drug-likeness (QED) is 0.379. The van der Waals surface area contributed by atoms with Gasteiger partial charge in [0.15, 0.2) is 11.0 Å². The summed E-state index contributed by atoms with van der Waals surface area (Å²) < 4.78 is 2.73. The number of hydrogen-bond donors (Lipinski definition) is 2. The van der Waals surface area contributed by atoms with Crippen molar-refractivity contribution in [2.75, 3.05) is 11.1 Å². The molecule has 0 saturated carbocycles. The van der Waals surface area contributed by atoms with E-state index < -0.39 is 6.04 Å². The second kappa shape index (κ2) is 10.7. The van der Waals surface area contributed by atoms with Gasteiger partial charge < -0.3 is 15.2 Å². The minimum Gasteiger partial charge on any atom is -0.342 e. The molecule has 0 aliphatic rings. The fourth-order valence-electron chi connectivity index (χ4n) is 2.86. The standard InChI is InChI=1S/C21H20BrCl2N5O2S/c1-11-8-14(5-6-15(11)22)26-18(30)10-32-21-28-27-19(29(21)3)12(2)25-20(31)13-4-7-16(23)17(24)9-13/h4-9,12H,10H2,1-3H3,(H,25,31)(H,26,30)/t12-/m1/s1.